The minimum Gasteiger partial charge on any atom is -0.314 e. The van der Waals surface area contributed by atoms with Crippen LogP contribution in [0.4, 0.5) is 0 Å². The van der Waals surface area contributed by atoms with E-state index in [0.29, 0.717) is 12.5 Å². The topological polar surface area (TPSA) is 55.6 Å². The van der Waals surface area contributed by atoms with Gasteiger partial charge in [-0.2, -0.15) is 5.10 Å². The first-order valence-corrected chi connectivity index (χ1v) is 6.90. The average Bonchev–Trinajstić information content (AvgIpc) is 2.76. The molecule has 2 aromatic heterocycles. The minimum atomic E-state index is 0.326. The Morgan fingerprint density at radius 3 is 2.72 bits per heavy atom. The molecule has 0 aliphatic carbocycles. The van der Waals surface area contributed by atoms with Crippen molar-refractivity contribution in [3.63, 3.8) is 0 Å². The molecule has 0 unspecified atom stereocenters. The lowest BCUT2D eigenvalue weighted by Gasteiger charge is -2.11. The molecular weight excluding hydrogens is 341 g/mol. The van der Waals surface area contributed by atoms with Crippen LogP contribution >= 0.6 is 22.6 Å². The summed E-state index contributed by atoms with van der Waals surface area (Å²) in [6.07, 6.45) is 5.63. The van der Waals surface area contributed by atoms with Crippen molar-refractivity contribution in [2.24, 2.45) is 0 Å². The van der Waals surface area contributed by atoms with Gasteiger partial charge in [0.15, 0.2) is 0 Å². The number of nitrogens with one attached hydrogen (secondary N) is 1. The van der Waals surface area contributed by atoms with E-state index in [1.807, 2.05) is 30.3 Å². The maximum Gasteiger partial charge on any atom is 0.131 e. The highest BCUT2D eigenvalue weighted by molar-refractivity contribution is 14.1. The van der Waals surface area contributed by atoms with Crippen LogP contribution in [-0.2, 0) is 6.54 Å². The Bertz CT molecular complexity index is 535. The van der Waals surface area contributed by atoms with Gasteiger partial charge in [0.1, 0.15) is 11.5 Å². The van der Waals surface area contributed by atoms with Gasteiger partial charge in [-0.15, -0.1) is 0 Å². The Kier molecular flexibility index (Phi) is 4.28. The SMILES string of the molecule is CNCc1nc(C(C)C)ncc1-n1cc(I)cn1. The van der Waals surface area contributed by atoms with E-state index in [1.54, 1.807) is 0 Å². The van der Waals surface area contributed by atoms with Crippen LogP contribution in [0, 0.1) is 3.57 Å². The van der Waals surface area contributed by atoms with Gasteiger partial charge < -0.3 is 5.32 Å². The van der Waals surface area contributed by atoms with E-state index in [9.17, 15) is 0 Å². The summed E-state index contributed by atoms with van der Waals surface area (Å²) >= 11 is 2.24. The lowest BCUT2D eigenvalue weighted by Crippen LogP contribution is -2.14. The number of halogens is 1. The van der Waals surface area contributed by atoms with Crippen LogP contribution in [0.15, 0.2) is 18.6 Å². The van der Waals surface area contributed by atoms with E-state index < -0.39 is 0 Å². The lowest BCUT2D eigenvalue weighted by atomic mass is 10.2. The summed E-state index contributed by atoms with van der Waals surface area (Å²) < 4.78 is 2.91. The Morgan fingerprint density at radius 1 is 1.39 bits per heavy atom. The molecule has 2 heterocycles. The summed E-state index contributed by atoms with van der Waals surface area (Å²) in [5, 5.41) is 7.44. The number of hydrogen-bond acceptors (Lipinski definition) is 4. The second-order valence-corrected chi connectivity index (χ2v) is 5.59. The van der Waals surface area contributed by atoms with Crippen LogP contribution in [0.25, 0.3) is 5.69 Å². The predicted molar refractivity (Wildman–Crippen MR) is 78.7 cm³/mol. The van der Waals surface area contributed by atoms with Crippen LogP contribution in [0.1, 0.15) is 31.3 Å². The Hall–Kier alpha value is -1.02. The largest absolute Gasteiger partial charge is 0.314 e. The number of hydrogen-bond donors (Lipinski definition) is 1. The standard InChI is InChI=1S/C12H16IN5/c1-8(2)12-15-6-11(10(17-12)5-14-3)18-7-9(13)4-16-18/h4,6-8,14H,5H2,1-3H3. The summed E-state index contributed by atoms with van der Waals surface area (Å²) in [4.78, 5) is 9.02. The molecule has 0 saturated carbocycles. The molecule has 0 bridgehead atoms. The number of rotatable bonds is 4. The minimum absolute atomic E-state index is 0.326. The first-order valence-electron chi connectivity index (χ1n) is 5.82. The quantitative estimate of drug-likeness (QED) is 0.852. The summed E-state index contributed by atoms with van der Waals surface area (Å²) in [5.74, 6) is 1.19. The normalized spacial score (nSPS) is 11.2. The van der Waals surface area contributed by atoms with Crippen LogP contribution in [-0.4, -0.2) is 26.8 Å². The zero-order chi connectivity index (χ0) is 13.1. The molecule has 0 amide bonds. The zero-order valence-electron chi connectivity index (χ0n) is 10.7. The number of nitrogens with zero attached hydrogens (tertiary/aromatic N) is 4. The monoisotopic (exact) mass is 357 g/mol. The van der Waals surface area contributed by atoms with E-state index in [1.165, 1.54) is 0 Å². The van der Waals surface area contributed by atoms with Crippen molar-refractivity contribution in [3.8, 4) is 5.69 Å². The highest BCUT2D eigenvalue weighted by Gasteiger charge is 2.11. The van der Waals surface area contributed by atoms with Gasteiger partial charge in [0.2, 0.25) is 0 Å². The van der Waals surface area contributed by atoms with E-state index in [4.69, 9.17) is 0 Å². The van der Waals surface area contributed by atoms with E-state index >= 15 is 0 Å². The van der Waals surface area contributed by atoms with E-state index in [2.05, 4.69) is 56.8 Å². The molecule has 0 radical (unpaired) electrons. The first-order chi connectivity index (χ1) is 8.61. The summed E-state index contributed by atoms with van der Waals surface area (Å²) in [6, 6.07) is 0. The van der Waals surface area contributed by atoms with Crippen molar-refractivity contribution in [2.45, 2.75) is 26.3 Å². The molecule has 2 rings (SSSR count). The molecule has 0 fully saturated rings. The summed E-state index contributed by atoms with van der Waals surface area (Å²) in [7, 11) is 1.91. The Balaban J connectivity index is 2.46. The molecule has 0 saturated heterocycles. The van der Waals surface area contributed by atoms with Gasteiger partial charge in [0.05, 0.1) is 21.7 Å². The van der Waals surface area contributed by atoms with Gasteiger partial charge in [0, 0.05) is 18.7 Å². The van der Waals surface area contributed by atoms with Crippen LogP contribution in [0.5, 0.6) is 0 Å². The van der Waals surface area contributed by atoms with Crippen molar-refractivity contribution in [1.82, 2.24) is 25.1 Å². The molecule has 5 nitrogen and oxygen atoms in total. The van der Waals surface area contributed by atoms with Gasteiger partial charge in [-0.3, -0.25) is 0 Å². The van der Waals surface area contributed by atoms with Crippen LogP contribution in [0.2, 0.25) is 0 Å². The zero-order valence-corrected chi connectivity index (χ0v) is 12.8. The first kappa shape index (κ1) is 13.4. The molecule has 18 heavy (non-hydrogen) atoms. The summed E-state index contributed by atoms with van der Waals surface area (Å²) in [6.45, 7) is 4.89. The van der Waals surface area contributed by atoms with E-state index in [-0.39, 0.29) is 0 Å². The van der Waals surface area contributed by atoms with Crippen molar-refractivity contribution in [2.75, 3.05) is 7.05 Å². The van der Waals surface area contributed by atoms with Crippen molar-refractivity contribution in [1.29, 1.82) is 0 Å². The fourth-order valence-corrected chi connectivity index (χ4v) is 2.01. The maximum atomic E-state index is 4.61. The Morgan fingerprint density at radius 2 is 2.17 bits per heavy atom. The van der Waals surface area contributed by atoms with E-state index in [0.717, 1.165) is 20.8 Å². The highest BCUT2D eigenvalue weighted by Crippen LogP contribution is 2.16. The molecule has 0 aliphatic rings. The van der Waals surface area contributed by atoms with Gasteiger partial charge in [0.25, 0.3) is 0 Å². The molecular formula is C12H16IN5. The highest BCUT2D eigenvalue weighted by atomic mass is 127. The average molecular weight is 357 g/mol. The molecule has 0 atom stereocenters. The summed E-state index contributed by atoms with van der Waals surface area (Å²) in [5.41, 5.74) is 1.90. The fourth-order valence-electron chi connectivity index (χ4n) is 1.63. The third-order valence-corrected chi connectivity index (χ3v) is 3.08. The molecule has 6 heteroatoms. The predicted octanol–water partition coefficient (Wildman–Crippen LogP) is 2.11. The molecule has 1 N–H and O–H groups in total. The molecule has 0 spiro atoms. The lowest BCUT2D eigenvalue weighted by molar-refractivity contribution is 0.707. The van der Waals surface area contributed by atoms with Crippen LogP contribution < -0.4 is 5.32 Å². The van der Waals surface area contributed by atoms with Gasteiger partial charge in [-0.05, 0) is 29.6 Å². The molecule has 0 aromatic carbocycles. The molecule has 96 valence electrons. The van der Waals surface area contributed by atoms with Crippen molar-refractivity contribution in [3.05, 3.63) is 33.7 Å². The maximum absolute atomic E-state index is 4.61. The Labute approximate surface area is 120 Å². The smallest absolute Gasteiger partial charge is 0.131 e. The van der Waals surface area contributed by atoms with Gasteiger partial charge >= 0.3 is 0 Å². The second kappa shape index (κ2) is 5.75. The van der Waals surface area contributed by atoms with Gasteiger partial charge in [-0.25, -0.2) is 14.6 Å². The molecule has 2 aromatic rings. The van der Waals surface area contributed by atoms with Crippen LogP contribution in [0.3, 0.4) is 0 Å². The van der Waals surface area contributed by atoms with Crippen molar-refractivity contribution < 1.29 is 0 Å². The van der Waals surface area contributed by atoms with Gasteiger partial charge in [-0.1, -0.05) is 13.8 Å². The number of aromatic nitrogens is 4. The third-order valence-electron chi connectivity index (χ3n) is 2.52. The molecule has 0 aliphatic heterocycles. The van der Waals surface area contributed by atoms with Crippen molar-refractivity contribution >= 4 is 22.6 Å². The third kappa shape index (κ3) is 2.86. The second-order valence-electron chi connectivity index (χ2n) is 4.35. The fraction of sp³-hybridized carbons (Fsp3) is 0.417.